The monoisotopic (exact) mass is 245 g/mol. The Morgan fingerprint density at radius 2 is 2.11 bits per heavy atom. The van der Waals surface area contributed by atoms with Crippen LogP contribution >= 0.6 is 0 Å². The van der Waals surface area contributed by atoms with Gasteiger partial charge in [-0.3, -0.25) is 0 Å². The normalized spacial score (nSPS) is 10.9. The van der Waals surface area contributed by atoms with E-state index in [4.69, 9.17) is 4.42 Å². The molecule has 2 aromatic heterocycles. The third-order valence-electron chi connectivity index (χ3n) is 2.72. The van der Waals surface area contributed by atoms with Crippen LogP contribution in [-0.2, 0) is 6.42 Å². The molecule has 0 spiro atoms. The van der Waals surface area contributed by atoms with Crippen molar-refractivity contribution in [2.24, 2.45) is 5.92 Å². The molecule has 0 aromatic carbocycles. The highest BCUT2D eigenvalue weighted by molar-refractivity contribution is 5.55. The molecule has 96 valence electrons. The summed E-state index contributed by atoms with van der Waals surface area (Å²) in [5, 5.41) is 3.07. The SMILES string of the molecule is CNc1cc(CC(C)C)nc(-c2occc2C)n1. The third-order valence-corrected chi connectivity index (χ3v) is 2.72. The number of hydrogen-bond donors (Lipinski definition) is 1. The van der Waals surface area contributed by atoms with Crippen molar-refractivity contribution in [3.8, 4) is 11.6 Å². The summed E-state index contributed by atoms with van der Waals surface area (Å²) in [6.45, 7) is 6.36. The maximum absolute atomic E-state index is 5.46. The lowest BCUT2D eigenvalue weighted by Crippen LogP contribution is -2.03. The Bertz CT molecular complexity index is 532. The van der Waals surface area contributed by atoms with Crippen LogP contribution < -0.4 is 5.32 Å². The number of nitrogens with zero attached hydrogens (tertiary/aromatic N) is 2. The van der Waals surface area contributed by atoms with E-state index < -0.39 is 0 Å². The second-order valence-electron chi connectivity index (χ2n) is 4.85. The number of hydrogen-bond acceptors (Lipinski definition) is 4. The molecule has 0 radical (unpaired) electrons. The fourth-order valence-electron chi connectivity index (χ4n) is 1.85. The Hall–Kier alpha value is -1.84. The molecule has 0 amide bonds. The quantitative estimate of drug-likeness (QED) is 0.898. The molecule has 0 aliphatic carbocycles. The summed E-state index contributed by atoms with van der Waals surface area (Å²) < 4.78 is 5.46. The number of aryl methyl sites for hydroxylation is 1. The van der Waals surface area contributed by atoms with Crippen LogP contribution in [0.1, 0.15) is 25.1 Å². The molecule has 2 rings (SSSR count). The zero-order valence-electron chi connectivity index (χ0n) is 11.3. The van der Waals surface area contributed by atoms with Crippen molar-refractivity contribution in [3.05, 3.63) is 29.7 Å². The van der Waals surface area contributed by atoms with E-state index in [1.165, 1.54) is 0 Å². The summed E-state index contributed by atoms with van der Waals surface area (Å²) >= 11 is 0. The van der Waals surface area contributed by atoms with Crippen molar-refractivity contribution in [1.29, 1.82) is 0 Å². The molecule has 0 fully saturated rings. The highest BCUT2D eigenvalue weighted by atomic mass is 16.3. The second kappa shape index (κ2) is 5.21. The molecule has 0 saturated heterocycles. The summed E-state index contributed by atoms with van der Waals surface area (Å²) in [6.07, 6.45) is 2.60. The van der Waals surface area contributed by atoms with Gasteiger partial charge >= 0.3 is 0 Å². The molecule has 18 heavy (non-hydrogen) atoms. The van der Waals surface area contributed by atoms with Crippen molar-refractivity contribution >= 4 is 5.82 Å². The van der Waals surface area contributed by atoms with Gasteiger partial charge in [0.05, 0.1) is 6.26 Å². The van der Waals surface area contributed by atoms with E-state index in [1.807, 2.05) is 26.1 Å². The van der Waals surface area contributed by atoms with Gasteiger partial charge in [0.15, 0.2) is 11.6 Å². The van der Waals surface area contributed by atoms with Crippen LogP contribution in [0.3, 0.4) is 0 Å². The third kappa shape index (κ3) is 2.70. The smallest absolute Gasteiger partial charge is 0.198 e. The van der Waals surface area contributed by atoms with E-state index >= 15 is 0 Å². The molecular weight excluding hydrogens is 226 g/mol. The largest absolute Gasteiger partial charge is 0.461 e. The Balaban J connectivity index is 2.44. The highest BCUT2D eigenvalue weighted by Crippen LogP contribution is 2.23. The van der Waals surface area contributed by atoms with E-state index in [9.17, 15) is 0 Å². The molecule has 0 aliphatic heterocycles. The van der Waals surface area contributed by atoms with Crippen molar-refractivity contribution in [3.63, 3.8) is 0 Å². The van der Waals surface area contributed by atoms with Crippen molar-refractivity contribution in [2.45, 2.75) is 27.2 Å². The first-order valence-electron chi connectivity index (χ1n) is 6.20. The summed E-state index contributed by atoms with van der Waals surface area (Å²) in [6, 6.07) is 3.91. The van der Waals surface area contributed by atoms with Crippen molar-refractivity contribution < 1.29 is 4.42 Å². The Morgan fingerprint density at radius 3 is 2.67 bits per heavy atom. The molecule has 4 heteroatoms. The Kier molecular flexibility index (Phi) is 3.65. The zero-order chi connectivity index (χ0) is 13.1. The summed E-state index contributed by atoms with van der Waals surface area (Å²) in [5.74, 6) is 2.79. The first-order valence-corrected chi connectivity index (χ1v) is 6.20. The minimum Gasteiger partial charge on any atom is -0.461 e. The molecule has 2 heterocycles. The summed E-state index contributed by atoms with van der Waals surface area (Å²) in [7, 11) is 1.86. The molecule has 0 bridgehead atoms. The van der Waals surface area contributed by atoms with Crippen molar-refractivity contribution in [2.75, 3.05) is 12.4 Å². The van der Waals surface area contributed by atoms with Crippen LogP contribution in [0.2, 0.25) is 0 Å². The average Bonchev–Trinajstić information content (AvgIpc) is 2.74. The van der Waals surface area contributed by atoms with Crippen molar-refractivity contribution in [1.82, 2.24) is 9.97 Å². The van der Waals surface area contributed by atoms with Crippen LogP contribution in [0, 0.1) is 12.8 Å². The van der Waals surface area contributed by atoms with Crippen LogP contribution in [0.25, 0.3) is 11.6 Å². The van der Waals surface area contributed by atoms with Gasteiger partial charge in [0.1, 0.15) is 5.82 Å². The first kappa shape index (κ1) is 12.6. The van der Waals surface area contributed by atoms with Gasteiger partial charge in [0, 0.05) is 18.8 Å². The maximum Gasteiger partial charge on any atom is 0.198 e. The van der Waals surface area contributed by atoms with Crippen LogP contribution in [0.15, 0.2) is 22.8 Å². The number of furan rings is 1. The summed E-state index contributed by atoms with van der Waals surface area (Å²) in [4.78, 5) is 9.03. The molecule has 0 unspecified atom stereocenters. The fraction of sp³-hybridized carbons (Fsp3) is 0.429. The van der Waals surface area contributed by atoms with Gasteiger partial charge in [-0.15, -0.1) is 0 Å². The molecule has 2 aromatic rings. The van der Waals surface area contributed by atoms with Gasteiger partial charge in [0.25, 0.3) is 0 Å². The van der Waals surface area contributed by atoms with Crippen LogP contribution in [-0.4, -0.2) is 17.0 Å². The highest BCUT2D eigenvalue weighted by Gasteiger charge is 2.12. The topological polar surface area (TPSA) is 51.0 Å². The van der Waals surface area contributed by atoms with Gasteiger partial charge in [-0.2, -0.15) is 0 Å². The van der Waals surface area contributed by atoms with Gasteiger partial charge in [-0.25, -0.2) is 9.97 Å². The minimum atomic E-state index is 0.565. The molecule has 0 saturated carbocycles. The Morgan fingerprint density at radius 1 is 1.33 bits per heavy atom. The second-order valence-corrected chi connectivity index (χ2v) is 4.85. The lowest BCUT2D eigenvalue weighted by molar-refractivity contribution is 0.573. The zero-order valence-corrected chi connectivity index (χ0v) is 11.3. The lowest BCUT2D eigenvalue weighted by Gasteiger charge is -2.08. The maximum atomic E-state index is 5.46. The average molecular weight is 245 g/mol. The molecule has 0 atom stereocenters. The summed E-state index contributed by atoms with van der Waals surface area (Å²) in [5.41, 5.74) is 2.09. The Labute approximate surface area is 107 Å². The van der Waals surface area contributed by atoms with Gasteiger partial charge in [-0.1, -0.05) is 13.8 Å². The predicted molar refractivity (Wildman–Crippen MR) is 72.6 cm³/mol. The fourth-order valence-corrected chi connectivity index (χ4v) is 1.85. The van der Waals surface area contributed by atoms with E-state index in [1.54, 1.807) is 6.26 Å². The number of rotatable bonds is 4. The van der Waals surface area contributed by atoms with E-state index in [-0.39, 0.29) is 0 Å². The number of anilines is 1. The molecule has 0 aliphatic rings. The predicted octanol–water partition coefficient (Wildman–Crippen LogP) is 3.29. The van der Waals surface area contributed by atoms with Crippen LogP contribution in [0.4, 0.5) is 5.82 Å². The standard InChI is InChI=1S/C14H19N3O/c1-9(2)7-11-8-12(15-4)17-14(16-11)13-10(3)5-6-18-13/h5-6,8-9H,7H2,1-4H3,(H,15,16,17). The van der Waals surface area contributed by atoms with Gasteiger partial charge in [0.2, 0.25) is 0 Å². The first-order chi connectivity index (χ1) is 8.60. The number of nitrogens with one attached hydrogen (secondary N) is 1. The minimum absolute atomic E-state index is 0.565. The molecular formula is C14H19N3O. The lowest BCUT2D eigenvalue weighted by atomic mass is 10.1. The molecule has 1 N–H and O–H groups in total. The molecule has 4 nitrogen and oxygen atoms in total. The number of aromatic nitrogens is 2. The van der Waals surface area contributed by atoms with Gasteiger partial charge < -0.3 is 9.73 Å². The van der Waals surface area contributed by atoms with E-state index in [0.29, 0.717) is 11.7 Å². The van der Waals surface area contributed by atoms with E-state index in [0.717, 1.165) is 29.3 Å². The van der Waals surface area contributed by atoms with E-state index in [2.05, 4.69) is 29.1 Å². The van der Waals surface area contributed by atoms with Gasteiger partial charge in [-0.05, 0) is 30.9 Å². The van der Waals surface area contributed by atoms with Crippen LogP contribution in [0.5, 0.6) is 0 Å².